The van der Waals surface area contributed by atoms with E-state index in [0.717, 1.165) is 25.7 Å². The van der Waals surface area contributed by atoms with Gasteiger partial charge >= 0.3 is 5.97 Å². The maximum atomic E-state index is 12.5. The van der Waals surface area contributed by atoms with Gasteiger partial charge in [0.1, 0.15) is 0 Å². The molecule has 0 aliphatic rings. The molecule has 4 nitrogen and oxygen atoms in total. The van der Waals surface area contributed by atoms with E-state index in [0.29, 0.717) is 18.3 Å². The zero-order valence-corrected chi connectivity index (χ0v) is 29.5. The maximum Gasteiger partial charge on any atom is 0.306 e. The lowest BCUT2D eigenvalue weighted by Gasteiger charge is -2.30. The lowest BCUT2D eigenvalue weighted by molar-refractivity contribution is -0.144. The monoisotopic (exact) mass is 608 g/mol. The fourth-order valence-corrected chi connectivity index (χ4v) is 11.1. The van der Waals surface area contributed by atoms with Gasteiger partial charge in [-0.2, -0.15) is 0 Å². The first kappa shape index (κ1) is 39.4. The van der Waals surface area contributed by atoms with Crippen molar-refractivity contribution in [3.05, 3.63) is 0 Å². The summed E-state index contributed by atoms with van der Waals surface area (Å²) in [5.41, 5.74) is -3.02. The standard InChI is InChI=1S/C32H65O4PS2/c1-9-10-11-12-13-14-15-16-17-18-19-20-21-22-23-24-32(33)34-31(8)39-37(38,35-29(6)25-27(2)3)36-30(7)26-28(4)5/h27-31H,9-26H2,1-8H3. The van der Waals surface area contributed by atoms with E-state index in [4.69, 9.17) is 25.6 Å². The second-order valence-electron chi connectivity index (χ2n) is 12.4. The molecule has 0 saturated carbocycles. The molecule has 0 aromatic heterocycles. The number of hydrogen-bond donors (Lipinski definition) is 0. The van der Waals surface area contributed by atoms with Crippen LogP contribution in [0.5, 0.6) is 0 Å². The molecule has 0 fully saturated rings. The zero-order chi connectivity index (χ0) is 29.5. The van der Waals surface area contributed by atoms with Crippen molar-refractivity contribution in [2.45, 2.75) is 189 Å². The summed E-state index contributed by atoms with van der Waals surface area (Å²) in [5, 5.41) is 0. The van der Waals surface area contributed by atoms with Crippen molar-refractivity contribution in [1.29, 1.82) is 0 Å². The molecule has 0 aliphatic carbocycles. The molecule has 0 aliphatic heterocycles. The zero-order valence-electron chi connectivity index (χ0n) is 27.0. The van der Waals surface area contributed by atoms with Crippen LogP contribution in [0.25, 0.3) is 0 Å². The Bertz CT molecular complexity index is 607. The Morgan fingerprint density at radius 2 is 1.00 bits per heavy atom. The predicted molar refractivity (Wildman–Crippen MR) is 177 cm³/mol. The van der Waals surface area contributed by atoms with E-state index in [1.54, 1.807) is 0 Å². The van der Waals surface area contributed by atoms with E-state index in [-0.39, 0.29) is 23.6 Å². The first-order valence-electron chi connectivity index (χ1n) is 16.3. The minimum Gasteiger partial charge on any atom is -0.451 e. The molecule has 0 spiro atoms. The summed E-state index contributed by atoms with van der Waals surface area (Å²) >= 11 is 7.32. The summed E-state index contributed by atoms with van der Waals surface area (Å²) < 4.78 is 18.4. The fourth-order valence-electron chi connectivity index (χ4n) is 5.02. The number of unbranched alkanes of at least 4 members (excludes halogenated alkanes) is 14. The van der Waals surface area contributed by atoms with Crippen LogP contribution in [-0.2, 0) is 30.4 Å². The van der Waals surface area contributed by atoms with E-state index in [9.17, 15) is 4.79 Å². The highest BCUT2D eigenvalue weighted by Crippen LogP contribution is 2.64. The molecule has 0 aromatic carbocycles. The summed E-state index contributed by atoms with van der Waals surface area (Å²) in [5.74, 6) is 0.898. The highest BCUT2D eigenvalue weighted by molar-refractivity contribution is 8.68. The quantitative estimate of drug-likeness (QED) is 0.0400. The number of hydrogen-bond acceptors (Lipinski definition) is 6. The molecule has 0 bridgehead atoms. The van der Waals surface area contributed by atoms with E-state index in [1.807, 2.05) is 6.92 Å². The molecule has 3 unspecified atom stereocenters. The van der Waals surface area contributed by atoms with Gasteiger partial charge in [0.05, 0.1) is 12.2 Å². The van der Waals surface area contributed by atoms with Gasteiger partial charge in [-0.1, -0.05) is 125 Å². The van der Waals surface area contributed by atoms with Crippen molar-refractivity contribution >= 4 is 34.9 Å². The molecule has 3 atom stereocenters. The van der Waals surface area contributed by atoms with Crippen LogP contribution < -0.4 is 0 Å². The summed E-state index contributed by atoms with van der Waals surface area (Å²) in [6.45, 7) is 17.0. The molecule has 0 amide bonds. The van der Waals surface area contributed by atoms with Gasteiger partial charge in [0.15, 0.2) is 5.44 Å². The van der Waals surface area contributed by atoms with Crippen LogP contribution in [0, 0.1) is 11.8 Å². The number of esters is 1. The molecule has 0 heterocycles. The summed E-state index contributed by atoms with van der Waals surface area (Å²) in [6, 6.07) is 0. The second kappa shape index (κ2) is 24.9. The number of carbonyl (C=O) groups is 1. The number of ether oxygens (including phenoxy) is 1. The smallest absolute Gasteiger partial charge is 0.306 e. The Kier molecular flexibility index (Phi) is 25.2. The van der Waals surface area contributed by atoms with Crippen LogP contribution in [0.15, 0.2) is 0 Å². The second-order valence-corrected chi connectivity index (χ2v) is 18.8. The maximum absolute atomic E-state index is 12.5. The van der Waals surface area contributed by atoms with Crippen LogP contribution in [0.2, 0.25) is 0 Å². The molecule has 234 valence electrons. The van der Waals surface area contributed by atoms with Crippen molar-refractivity contribution < 1.29 is 18.6 Å². The lowest BCUT2D eigenvalue weighted by Crippen LogP contribution is -2.17. The molecule has 0 aromatic rings. The van der Waals surface area contributed by atoms with Gasteiger partial charge in [0.25, 0.3) is 5.69 Å². The Morgan fingerprint density at radius 3 is 1.36 bits per heavy atom. The van der Waals surface area contributed by atoms with Crippen LogP contribution in [-0.4, -0.2) is 23.6 Å². The van der Waals surface area contributed by atoms with Crippen LogP contribution in [0.1, 0.15) is 171 Å². The Balaban J connectivity index is 4.14. The highest BCUT2D eigenvalue weighted by Gasteiger charge is 2.30. The molecular weight excluding hydrogens is 543 g/mol. The third-order valence-electron chi connectivity index (χ3n) is 6.78. The SMILES string of the molecule is CCCCCCCCCCCCCCCCCC(=O)OC(C)SP(=S)(OC(C)CC(C)C)OC(C)CC(C)C. The van der Waals surface area contributed by atoms with Crippen molar-refractivity contribution in [2.24, 2.45) is 11.8 Å². The average Bonchev–Trinajstić information content (AvgIpc) is 2.79. The molecule has 0 rings (SSSR count). The van der Waals surface area contributed by atoms with Crippen LogP contribution >= 0.6 is 17.1 Å². The average molecular weight is 609 g/mol. The molecule has 0 saturated heterocycles. The van der Waals surface area contributed by atoms with Gasteiger partial charge in [0, 0.05) is 6.42 Å². The Morgan fingerprint density at radius 1 is 0.641 bits per heavy atom. The van der Waals surface area contributed by atoms with E-state index in [1.165, 1.54) is 94.9 Å². The largest absolute Gasteiger partial charge is 0.451 e. The van der Waals surface area contributed by atoms with E-state index < -0.39 is 5.69 Å². The van der Waals surface area contributed by atoms with Gasteiger partial charge in [-0.05, 0) is 75.1 Å². The van der Waals surface area contributed by atoms with Crippen molar-refractivity contribution in [2.75, 3.05) is 0 Å². The summed E-state index contributed by atoms with van der Waals surface area (Å²) in [4.78, 5) is 12.5. The number of carbonyl (C=O) groups excluding carboxylic acids is 1. The van der Waals surface area contributed by atoms with E-state index >= 15 is 0 Å². The fraction of sp³-hybridized carbons (Fsp3) is 0.969. The first-order chi connectivity index (χ1) is 18.5. The van der Waals surface area contributed by atoms with Crippen molar-refractivity contribution in [3.8, 4) is 0 Å². The highest BCUT2D eigenvalue weighted by atomic mass is 32.9. The molecule has 0 N–H and O–H groups in total. The molecular formula is C32H65O4PS2. The van der Waals surface area contributed by atoms with Gasteiger partial charge < -0.3 is 13.8 Å². The van der Waals surface area contributed by atoms with Gasteiger partial charge in [-0.25, -0.2) is 0 Å². The van der Waals surface area contributed by atoms with Gasteiger partial charge in [-0.3, -0.25) is 4.79 Å². The molecule has 0 radical (unpaired) electrons. The van der Waals surface area contributed by atoms with Crippen LogP contribution in [0.3, 0.4) is 0 Å². The minimum absolute atomic E-state index is 0.0119. The van der Waals surface area contributed by atoms with E-state index in [2.05, 4.69) is 48.5 Å². The molecule has 39 heavy (non-hydrogen) atoms. The lowest BCUT2D eigenvalue weighted by atomic mass is 10.0. The first-order valence-corrected chi connectivity index (χ1v) is 20.4. The van der Waals surface area contributed by atoms with Gasteiger partial charge in [0.2, 0.25) is 0 Å². The third kappa shape index (κ3) is 25.8. The summed E-state index contributed by atoms with van der Waals surface area (Å²) in [7, 11) is 0. The van der Waals surface area contributed by atoms with Crippen molar-refractivity contribution in [1.82, 2.24) is 0 Å². The minimum atomic E-state index is -2.65. The van der Waals surface area contributed by atoms with Crippen molar-refractivity contribution in [3.63, 3.8) is 0 Å². The third-order valence-corrected chi connectivity index (χ3v) is 12.1. The summed E-state index contributed by atoms with van der Waals surface area (Å²) in [6.07, 6.45) is 22.1. The van der Waals surface area contributed by atoms with Gasteiger partial charge in [-0.15, -0.1) is 0 Å². The predicted octanol–water partition coefficient (Wildman–Crippen LogP) is 12.0. The number of rotatable bonds is 27. The molecule has 7 heteroatoms. The normalized spacial score (nSPS) is 15.8. The topological polar surface area (TPSA) is 44.8 Å². The Labute approximate surface area is 253 Å². The van der Waals surface area contributed by atoms with Crippen LogP contribution in [0.4, 0.5) is 0 Å². The Hall–Kier alpha value is 0.390.